The Kier molecular flexibility index (Phi) is 4.99. The predicted molar refractivity (Wildman–Crippen MR) is 79.2 cm³/mol. The molecule has 0 spiro atoms. The summed E-state index contributed by atoms with van der Waals surface area (Å²) < 4.78 is 0. The molecule has 1 heterocycles. The number of carbonyl (C=O) groups excluding carboxylic acids is 1. The average molecular weight is 283 g/mol. The first-order valence-electron chi connectivity index (χ1n) is 6.06. The molecule has 2 rings (SSSR count). The fourth-order valence-electron chi connectivity index (χ4n) is 1.40. The van der Waals surface area contributed by atoms with Gasteiger partial charge in [0.05, 0.1) is 12.4 Å². The van der Waals surface area contributed by atoms with E-state index in [1.165, 1.54) is 18.5 Å². The van der Waals surface area contributed by atoms with Crippen LogP contribution in [-0.2, 0) is 0 Å². The fourth-order valence-corrected chi connectivity index (χ4v) is 1.40. The van der Waals surface area contributed by atoms with Crippen LogP contribution in [-0.4, -0.2) is 28.6 Å². The highest BCUT2D eigenvalue weighted by atomic mass is 16.3. The lowest BCUT2D eigenvalue weighted by Gasteiger charge is -1.99. The van der Waals surface area contributed by atoms with Gasteiger partial charge in [-0.1, -0.05) is 12.1 Å². The SMILES string of the molecule is O=C(N/N=C/c1ccncc1)N/N=C/c1ccccc1O. The maximum atomic E-state index is 11.4. The number of nitrogens with one attached hydrogen (secondary N) is 2. The molecule has 0 atom stereocenters. The van der Waals surface area contributed by atoms with Crippen molar-refractivity contribution in [3.63, 3.8) is 0 Å². The maximum absolute atomic E-state index is 11.4. The molecule has 0 bridgehead atoms. The van der Waals surface area contributed by atoms with E-state index >= 15 is 0 Å². The average Bonchev–Trinajstić information content (AvgIpc) is 2.50. The van der Waals surface area contributed by atoms with Gasteiger partial charge in [-0.25, -0.2) is 15.6 Å². The highest BCUT2D eigenvalue weighted by Gasteiger charge is 1.96. The second-order valence-electron chi connectivity index (χ2n) is 3.91. The van der Waals surface area contributed by atoms with E-state index < -0.39 is 6.03 Å². The number of aromatic hydroxyl groups is 1. The first-order chi connectivity index (χ1) is 10.3. The van der Waals surface area contributed by atoms with Crippen molar-refractivity contribution in [3.8, 4) is 5.75 Å². The molecular weight excluding hydrogens is 270 g/mol. The van der Waals surface area contributed by atoms with E-state index in [4.69, 9.17) is 0 Å². The van der Waals surface area contributed by atoms with Gasteiger partial charge in [0.25, 0.3) is 0 Å². The van der Waals surface area contributed by atoms with Crippen molar-refractivity contribution in [2.24, 2.45) is 10.2 Å². The summed E-state index contributed by atoms with van der Waals surface area (Å²) >= 11 is 0. The molecule has 1 aromatic heterocycles. The Bertz CT molecular complexity index is 655. The molecule has 0 unspecified atom stereocenters. The van der Waals surface area contributed by atoms with E-state index in [-0.39, 0.29) is 5.75 Å². The fraction of sp³-hybridized carbons (Fsp3) is 0. The van der Waals surface area contributed by atoms with Crippen LogP contribution in [0.25, 0.3) is 0 Å². The van der Waals surface area contributed by atoms with Crippen LogP contribution in [0.5, 0.6) is 5.75 Å². The van der Waals surface area contributed by atoms with Crippen molar-refractivity contribution in [3.05, 3.63) is 59.9 Å². The predicted octanol–water partition coefficient (Wildman–Crippen LogP) is 1.45. The molecule has 0 aliphatic carbocycles. The van der Waals surface area contributed by atoms with Crippen molar-refractivity contribution in [1.29, 1.82) is 0 Å². The van der Waals surface area contributed by atoms with Crippen molar-refractivity contribution >= 4 is 18.5 Å². The minimum Gasteiger partial charge on any atom is -0.507 e. The first kappa shape index (κ1) is 14.2. The maximum Gasteiger partial charge on any atom is 0.355 e. The highest BCUT2D eigenvalue weighted by Crippen LogP contribution is 2.12. The van der Waals surface area contributed by atoms with Crippen molar-refractivity contribution in [2.75, 3.05) is 0 Å². The van der Waals surface area contributed by atoms with Crippen LogP contribution in [0.3, 0.4) is 0 Å². The number of hydrogen-bond acceptors (Lipinski definition) is 5. The molecule has 7 heteroatoms. The van der Waals surface area contributed by atoms with Gasteiger partial charge in [0.15, 0.2) is 0 Å². The third kappa shape index (κ3) is 4.75. The number of aromatic nitrogens is 1. The second-order valence-corrected chi connectivity index (χ2v) is 3.91. The zero-order valence-corrected chi connectivity index (χ0v) is 11.0. The summed E-state index contributed by atoms with van der Waals surface area (Å²) in [6.07, 6.45) is 6.06. The number of pyridine rings is 1. The number of para-hydroxylation sites is 1. The Hall–Kier alpha value is -3.22. The van der Waals surface area contributed by atoms with Crippen LogP contribution in [0.1, 0.15) is 11.1 Å². The monoisotopic (exact) mass is 283 g/mol. The number of rotatable bonds is 4. The number of hydrazone groups is 2. The Balaban J connectivity index is 1.80. The summed E-state index contributed by atoms with van der Waals surface area (Å²) in [5.41, 5.74) is 5.79. The first-order valence-corrected chi connectivity index (χ1v) is 6.06. The van der Waals surface area contributed by atoms with E-state index in [1.54, 1.807) is 42.7 Å². The number of nitrogens with zero attached hydrogens (tertiary/aromatic N) is 3. The summed E-state index contributed by atoms with van der Waals surface area (Å²) in [7, 11) is 0. The van der Waals surface area contributed by atoms with Crippen LogP contribution in [0.15, 0.2) is 59.0 Å². The molecule has 0 saturated heterocycles. The van der Waals surface area contributed by atoms with Crippen molar-refractivity contribution in [2.45, 2.75) is 0 Å². The molecule has 1 aromatic carbocycles. The van der Waals surface area contributed by atoms with Gasteiger partial charge in [-0.3, -0.25) is 4.98 Å². The number of urea groups is 1. The van der Waals surface area contributed by atoms with Crippen LogP contribution < -0.4 is 10.9 Å². The van der Waals surface area contributed by atoms with Crippen molar-refractivity contribution < 1.29 is 9.90 Å². The minimum atomic E-state index is -0.591. The molecule has 0 aliphatic rings. The highest BCUT2D eigenvalue weighted by molar-refractivity contribution is 5.85. The molecular formula is C14H13N5O2. The second kappa shape index (κ2) is 7.39. The van der Waals surface area contributed by atoms with Crippen molar-refractivity contribution in [1.82, 2.24) is 15.8 Å². The third-order valence-electron chi connectivity index (χ3n) is 2.39. The molecule has 0 aliphatic heterocycles. The number of phenolic OH excluding ortho intramolecular Hbond substituents is 1. The van der Waals surface area contributed by atoms with Gasteiger partial charge in [-0.15, -0.1) is 0 Å². The molecule has 3 N–H and O–H groups in total. The summed E-state index contributed by atoms with van der Waals surface area (Å²) in [6, 6.07) is 9.55. The normalized spacial score (nSPS) is 10.9. The quantitative estimate of drug-likeness (QED) is 0.585. The van der Waals surface area contributed by atoms with Crippen LogP contribution in [0.2, 0.25) is 0 Å². The number of carbonyl (C=O) groups is 1. The van der Waals surface area contributed by atoms with Crippen LogP contribution >= 0.6 is 0 Å². The lowest BCUT2D eigenvalue weighted by Crippen LogP contribution is -2.28. The summed E-state index contributed by atoms with van der Waals surface area (Å²) in [5.74, 6) is 0.0826. The van der Waals surface area contributed by atoms with Gasteiger partial charge in [-0.05, 0) is 29.8 Å². The van der Waals surface area contributed by atoms with E-state index in [9.17, 15) is 9.90 Å². The Labute approximate surface area is 121 Å². The molecule has 2 aromatic rings. The Morgan fingerprint density at radius 3 is 2.43 bits per heavy atom. The van der Waals surface area contributed by atoms with Gasteiger partial charge in [0.1, 0.15) is 5.75 Å². The lowest BCUT2D eigenvalue weighted by molar-refractivity contribution is 0.242. The number of hydrogen-bond donors (Lipinski definition) is 3. The van der Waals surface area contributed by atoms with Gasteiger partial charge >= 0.3 is 6.03 Å². The molecule has 2 amide bonds. The molecule has 106 valence electrons. The standard InChI is InChI=1S/C14H13N5O2/c20-13-4-2-1-3-12(13)10-17-19-14(21)18-16-9-11-5-7-15-8-6-11/h1-10,20H,(H2,18,19,21)/b16-9+,17-10+. The zero-order chi connectivity index (χ0) is 14.9. The third-order valence-corrected chi connectivity index (χ3v) is 2.39. The molecule has 0 radical (unpaired) electrons. The van der Waals surface area contributed by atoms with E-state index in [2.05, 4.69) is 26.0 Å². The smallest absolute Gasteiger partial charge is 0.355 e. The number of amides is 2. The number of benzene rings is 1. The number of phenols is 1. The Morgan fingerprint density at radius 2 is 1.71 bits per heavy atom. The zero-order valence-electron chi connectivity index (χ0n) is 11.0. The Morgan fingerprint density at radius 1 is 1.05 bits per heavy atom. The van der Waals surface area contributed by atoms with Gasteiger partial charge < -0.3 is 5.11 Å². The van der Waals surface area contributed by atoms with E-state index in [1.807, 2.05) is 0 Å². The lowest BCUT2D eigenvalue weighted by atomic mass is 10.2. The van der Waals surface area contributed by atoms with E-state index in [0.717, 1.165) is 5.56 Å². The summed E-state index contributed by atoms with van der Waals surface area (Å²) in [4.78, 5) is 15.2. The molecule has 0 saturated carbocycles. The summed E-state index contributed by atoms with van der Waals surface area (Å²) in [6.45, 7) is 0. The topological polar surface area (TPSA) is 99.0 Å². The molecule has 0 fully saturated rings. The van der Waals surface area contributed by atoms with Gasteiger partial charge in [0, 0.05) is 18.0 Å². The van der Waals surface area contributed by atoms with E-state index in [0.29, 0.717) is 5.56 Å². The van der Waals surface area contributed by atoms with Crippen LogP contribution in [0, 0.1) is 0 Å². The minimum absolute atomic E-state index is 0.0826. The molecule has 7 nitrogen and oxygen atoms in total. The molecule has 21 heavy (non-hydrogen) atoms. The van der Waals surface area contributed by atoms with Gasteiger partial charge in [0.2, 0.25) is 0 Å². The summed E-state index contributed by atoms with van der Waals surface area (Å²) in [5, 5.41) is 16.9. The van der Waals surface area contributed by atoms with Gasteiger partial charge in [-0.2, -0.15) is 10.2 Å². The van der Waals surface area contributed by atoms with Crippen LogP contribution in [0.4, 0.5) is 4.79 Å². The largest absolute Gasteiger partial charge is 0.507 e.